The molecule has 1 N–H and O–H groups in total. The number of carbonyl (C=O) groups is 2. The monoisotopic (exact) mass is 403 g/mol. The Kier molecular flexibility index (Phi) is 6.69. The van der Waals surface area contributed by atoms with Crippen LogP contribution < -0.4 is 5.32 Å². The van der Waals surface area contributed by atoms with Gasteiger partial charge < -0.3 is 10.1 Å². The van der Waals surface area contributed by atoms with Crippen LogP contribution >= 0.6 is 22.9 Å². The van der Waals surface area contributed by atoms with Crippen LogP contribution in [0.2, 0.25) is 5.02 Å². The number of benzene rings is 1. The zero-order valence-corrected chi connectivity index (χ0v) is 16.8. The zero-order chi connectivity index (χ0) is 19.2. The lowest BCUT2D eigenvalue weighted by atomic mass is 9.96. The first-order chi connectivity index (χ1) is 13.1. The Morgan fingerprint density at radius 2 is 1.89 bits per heavy atom. The molecule has 2 aromatic rings. The molecule has 0 saturated carbocycles. The second-order valence-corrected chi connectivity index (χ2v) is 7.97. The number of halogens is 1. The Balaban J connectivity index is 1.85. The smallest absolute Gasteiger partial charge is 0.341 e. The molecule has 1 heterocycles. The number of anilines is 1. The van der Waals surface area contributed by atoms with Crippen LogP contribution in [0.4, 0.5) is 5.00 Å². The predicted molar refractivity (Wildman–Crippen MR) is 111 cm³/mol. The lowest BCUT2D eigenvalue weighted by Crippen LogP contribution is -2.12. The molecule has 1 aromatic carbocycles. The van der Waals surface area contributed by atoms with Crippen LogP contribution in [-0.2, 0) is 22.4 Å². The zero-order valence-electron chi connectivity index (χ0n) is 15.2. The number of amides is 1. The molecule has 0 unspecified atom stereocenters. The van der Waals surface area contributed by atoms with Crippen LogP contribution in [0.5, 0.6) is 0 Å². The van der Waals surface area contributed by atoms with Gasteiger partial charge in [0.05, 0.1) is 12.7 Å². The SMILES string of the molecule is COC(=O)c1c(NC(=O)C=Cc2ccccc2Cl)sc2c1CCCCCC2. The number of rotatable bonds is 4. The van der Waals surface area contributed by atoms with E-state index >= 15 is 0 Å². The molecule has 1 aromatic heterocycles. The van der Waals surface area contributed by atoms with Crippen molar-refractivity contribution in [1.29, 1.82) is 0 Å². The van der Waals surface area contributed by atoms with Crippen LogP contribution in [0, 0.1) is 0 Å². The van der Waals surface area contributed by atoms with Gasteiger partial charge in [0.25, 0.3) is 0 Å². The summed E-state index contributed by atoms with van der Waals surface area (Å²) in [6.07, 6.45) is 9.40. The highest BCUT2D eigenvalue weighted by atomic mass is 35.5. The van der Waals surface area contributed by atoms with Gasteiger partial charge in [-0.25, -0.2) is 4.79 Å². The number of esters is 1. The van der Waals surface area contributed by atoms with E-state index in [0.717, 1.165) is 43.2 Å². The van der Waals surface area contributed by atoms with E-state index in [4.69, 9.17) is 16.3 Å². The minimum absolute atomic E-state index is 0.297. The first-order valence-corrected chi connectivity index (χ1v) is 10.3. The maximum Gasteiger partial charge on any atom is 0.341 e. The van der Waals surface area contributed by atoms with Crippen LogP contribution in [0.3, 0.4) is 0 Å². The van der Waals surface area contributed by atoms with Gasteiger partial charge in [-0.15, -0.1) is 11.3 Å². The second kappa shape index (κ2) is 9.20. The summed E-state index contributed by atoms with van der Waals surface area (Å²) in [7, 11) is 1.37. The maximum absolute atomic E-state index is 12.4. The van der Waals surface area contributed by atoms with Gasteiger partial charge in [-0.2, -0.15) is 0 Å². The quantitative estimate of drug-likeness (QED) is 0.541. The maximum atomic E-state index is 12.4. The highest BCUT2D eigenvalue weighted by Gasteiger charge is 2.25. The first kappa shape index (κ1) is 19.6. The summed E-state index contributed by atoms with van der Waals surface area (Å²) in [5.74, 6) is -0.687. The van der Waals surface area contributed by atoms with Crippen molar-refractivity contribution in [1.82, 2.24) is 0 Å². The number of thiophene rings is 1. The van der Waals surface area contributed by atoms with Gasteiger partial charge in [0, 0.05) is 16.0 Å². The molecular weight excluding hydrogens is 382 g/mol. The third-order valence-electron chi connectivity index (χ3n) is 4.62. The summed E-state index contributed by atoms with van der Waals surface area (Å²) < 4.78 is 4.98. The van der Waals surface area contributed by atoms with Gasteiger partial charge in [0.1, 0.15) is 5.00 Å². The fourth-order valence-electron chi connectivity index (χ4n) is 3.25. The van der Waals surface area contributed by atoms with E-state index in [2.05, 4.69) is 5.32 Å². The van der Waals surface area contributed by atoms with Crippen molar-refractivity contribution < 1.29 is 14.3 Å². The van der Waals surface area contributed by atoms with E-state index in [-0.39, 0.29) is 5.91 Å². The molecule has 0 radical (unpaired) electrons. The average molecular weight is 404 g/mol. The number of aryl methyl sites for hydroxylation is 1. The summed E-state index contributed by atoms with van der Waals surface area (Å²) in [5, 5.41) is 4.01. The Hall–Kier alpha value is -2.11. The first-order valence-electron chi connectivity index (χ1n) is 9.06. The normalized spacial score (nSPS) is 14.3. The van der Waals surface area contributed by atoms with Gasteiger partial charge in [0.2, 0.25) is 5.91 Å². The van der Waals surface area contributed by atoms with Crippen molar-refractivity contribution >= 4 is 45.9 Å². The van der Waals surface area contributed by atoms with Crippen LogP contribution in [0.15, 0.2) is 30.3 Å². The van der Waals surface area contributed by atoms with Crippen LogP contribution in [0.25, 0.3) is 6.08 Å². The van der Waals surface area contributed by atoms with Crippen molar-refractivity contribution in [2.45, 2.75) is 38.5 Å². The topological polar surface area (TPSA) is 55.4 Å². The van der Waals surface area contributed by atoms with Gasteiger partial charge in [0.15, 0.2) is 0 Å². The highest BCUT2D eigenvalue weighted by Crippen LogP contribution is 2.37. The number of fused-ring (bicyclic) bond motifs is 1. The molecule has 0 aliphatic heterocycles. The van der Waals surface area contributed by atoms with Gasteiger partial charge in [-0.1, -0.05) is 42.6 Å². The summed E-state index contributed by atoms with van der Waals surface area (Å²) >= 11 is 7.60. The Morgan fingerprint density at radius 1 is 1.15 bits per heavy atom. The van der Waals surface area contributed by atoms with Crippen LogP contribution in [0.1, 0.15) is 52.0 Å². The Morgan fingerprint density at radius 3 is 2.63 bits per heavy atom. The predicted octanol–water partition coefficient (Wildman–Crippen LogP) is 5.50. The molecule has 142 valence electrons. The molecule has 0 fully saturated rings. The average Bonchev–Trinajstić information content (AvgIpc) is 2.96. The molecular formula is C21H22ClNO3S. The summed E-state index contributed by atoms with van der Waals surface area (Å²) in [5.41, 5.74) is 2.32. The fraction of sp³-hybridized carbons (Fsp3) is 0.333. The summed E-state index contributed by atoms with van der Waals surface area (Å²) in [6, 6.07) is 7.30. The van der Waals surface area contributed by atoms with Crippen molar-refractivity contribution in [2.24, 2.45) is 0 Å². The molecule has 1 aliphatic carbocycles. The standard InChI is InChI=1S/C21H22ClNO3S/c1-26-21(25)19-15-9-4-2-3-5-11-17(15)27-20(19)23-18(24)13-12-14-8-6-7-10-16(14)22/h6-8,10,12-13H,2-5,9,11H2,1H3,(H,23,24). The molecule has 3 rings (SSSR count). The second-order valence-electron chi connectivity index (χ2n) is 6.46. The third-order valence-corrected chi connectivity index (χ3v) is 6.17. The minimum Gasteiger partial charge on any atom is -0.465 e. The highest BCUT2D eigenvalue weighted by molar-refractivity contribution is 7.17. The van der Waals surface area contributed by atoms with Crippen molar-refractivity contribution in [3.63, 3.8) is 0 Å². The Labute approximate surface area is 168 Å². The third kappa shape index (κ3) is 4.79. The van der Waals surface area contributed by atoms with E-state index < -0.39 is 5.97 Å². The van der Waals surface area contributed by atoms with E-state index in [0.29, 0.717) is 15.6 Å². The number of hydrogen-bond acceptors (Lipinski definition) is 4. The van der Waals surface area contributed by atoms with E-state index in [9.17, 15) is 9.59 Å². The number of ether oxygens (including phenoxy) is 1. The molecule has 0 atom stereocenters. The van der Waals surface area contributed by atoms with Crippen molar-refractivity contribution in [3.8, 4) is 0 Å². The number of carbonyl (C=O) groups excluding carboxylic acids is 2. The minimum atomic E-state index is -0.390. The summed E-state index contributed by atoms with van der Waals surface area (Å²) in [4.78, 5) is 26.0. The molecule has 27 heavy (non-hydrogen) atoms. The lowest BCUT2D eigenvalue weighted by molar-refractivity contribution is -0.111. The summed E-state index contributed by atoms with van der Waals surface area (Å²) in [6.45, 7) is 0. The number of nitrogens with one attached hydrogen (secondary N) is 1. The van der Waals surface area contributed by atoms with Gasteiger partial charge in [-0.05, 0) is 49.0 Å². The Bertz CT molecular complexity index is 872. The van der Waals surface area contributed by atoms with E-state index in [1.165, 1.54) is 35.8 Å². The largest absolute Gasteiger partial charge is 0.465 e. The fourth-order valence-corrected chi connectivity index (χ4v) is 4.73. The molecule has 0 spiro atoms. The molecule has 0 bridgehead atoms. The lowest BCUT2D eigenvalue weighted by Gasteiger charge is -2.10. The molecule has 1 aliphatic rings. The number of methoxy groups -OCH3 is 1. The van der Waals surface area contributed by atoms with E-state index in [1.807, 2.05) is 18.2 Å². The molecule has 6 heteroatoms. The van der Waals surface area contributed by atoms with Crippen LogP contribution in [-0.4, -0.2) is 19.0 Å². The van der Waals surface area contributed by atoms with Gasteiger partial charge in [-0.3, -0.25) is 4.79 Å². The number of hydrogen-bond donors (Lipinski definition) is 1. The van der Waals surface area contributed by atoms with E-state index in [1.54, 1.807) is 12.1 Å². The van der Waals surface area contributed by atoms with Crippen molar-refractivity contribution in [2.75, 3.05) is 12.4 Å². The molecule has 4 nitrogen and oxygen atoms in total. The van der Waals surface area contributed by atoms with Crippen molar-refractivity contribution in [3.05, 3.63) is 56.9 Å². The van der Waals surface area contributed by atoms with Gasteiger partial charge >= 0.3 is 5.97 Å². The molecule has 1 amide bonds. The molecule has 0 saturated heterocycles.